The number of benzene rings is 6. The topological polar surface area (TPSA) is 52.6 Å². The van der Waals surface area contributed by atoms with E-state index in [4.69, 9.17) is 10.8 Å². The molecule has 0 fully saturated rings. The number of fused-ring (bicyclic) bond motifs is 6. The zero-order valence-corrected chi connectivity index (χ0v) is 24.8. The number of nitrogens with one attached hydrogen (secondary N) is 2. The van der Waals surface area contributed by atoms with Gasteiger partial charge in [0.1, 0.15) is 0 Å². The van der Waals surface area contributed by atoms with Crippen molar-refractivity contribution in [3.63, 3.8) is 0 Å². The molecule has 7 aromatic rings. The van der Waals surface area contributed by atoms with Crippen LogP contribution in [0.3, 0.4) is 0 Å². The van der Waals surface area contributed by atoms with Crippen LogP contribution in [0.2, 0.25) is 0 Å². The first kappa shape index (κ1) is 27.8. The number of rotatable bonds is 8. The van der Waals surface area contributed by atoms with E-state index in [1.54, 1.807) is 12.2 Å². The maximum absolute atomic E-state index is 8.16. The first-order valence-electron chi connectivity index (χ1n) is 14.9. The third kappa shape index (κ3) is 4.91. The van der Waals surface area contributed by atoms with Crippen molar-refractivity contribution in [2.24, 2.45) is 0 Å². The Hall–Kier alpha value is -6.06. The molecular weight excluding hydrogens is 546 g/mol. The summed E-state index contributed by atoms with van der Waals surface area (Å²) in [6.07, 6.45) is 7.77. The molecular formula is C42H31N3. The number of para-hydroxylation sites is 1. The Bertz CT molecular complexity index is 2380. The van der Waals surface area contributed by atoms with E-state index in [2.05, 4.69) is 139 Å². The Morgan fingerprint density at radius 2 is 1.33 bits per heavy atom. The van der Waals surface area contributed by atoms with Crippen molar-refractivity contribution in [3.8, 4) is 16.8 Å². The third-order valence-corrected chi connectivity index (χ3v) is 8.51. The van der Waals surface area contributed by atoms with Crippen molar-refractivity contribution in [1.82, 2.24) is 4.57 Å². The standard InChI is InChI=1S/C42H31N3/c1-3-29(21-22-43)28(2)23-36(27-44)33-15-18-38-35(25-33)17-20-40-39-19-16-34(32-14-13-30-9-7-8-10-31(30)24-32)26-41(39)45(42(38)40)37-11-5-4-6-12-37/h3-27,43-44H,1-2H2/b29-21+,36-23+,43-22?,44-27?. The van der Waals surface area contributed by atoms with Gasteiger partial charge in [0.2, 0.25) is 0 Å². The second kappa shape index (κ2) is 11.6. The van der Waals surface area contributed by atoms with E-state index in [9.17, 15) is 0 Å². The van der Waals surface area contributed by atoms with E-state index in [1.807, 2.05) is 6.08 Å². The molecule has 0 atom stereocenters. The van der Waals surface area contributed by atoms with E-state index >= 15 is 0 Å². The minimum atomic E-state index is 0.703. The summed E-state index contributed by atoms with van der Waals surface area (Å²) in [5, 5.41) is 22.7. The molecule has 0 aliphatic heterocycles. The maximum atomic E-state index is 8.16. The van der Waals surface area contributed by atoms with Crippen LogP contribution in [0, 0.1) is 10.8 Å². The Kier molecular flexibility index (Phi) is 7.13. The molecule has 3 heteroatoms. The maximum Gasteiger partial charge on any atom is 0.0619 e. The molecule has 0 aliphatic rings. The van der Waals surface area contributed by atoms with Crippen LogP contribution in [0.25, 0.3) is 65.7 Å². The van der Waals surface area contributed by atoms with Crippen LogP contribution in [-0.4, -0.2) is 17.0 Å². The van der Waals surface area contributed by atoms with Gasteiger partial charge in [-0.2, -0.15) is 0 Å². The lowest BCUT2D eigenvalue weighted by molar-refractivity contribution is 1.19. The molecule has 3 nitrogen and oxygen atoms in total. The van der Waals surface area contributed by atoms with Crippen LogP contribution in [0.15, 0.2) is 164 Å². The molecule has 1 heterocycles. The molecule has 6 aromatic carbocycles. The summed E-state index contributed by atoms with van der Waals surface area (Å²) < 4.78 is 2.38. The quantitative estimate of drug-likeness (QED) is 0.133. The molecule has 1 aromatic heterocycles. The Morgan fingerprint density at radius 3 is 2.11 bits per heavy atom. The Balaban J connectivity index is 1.44. The number of allylic oxidation sites excluding steroid dienone is 6. The molecule has 0 aliphatic carbocycles. The highest BCUT2D eigenvalue weighted by molar-refractivity contribution is 6.20. The highest BCUT2D eigenvalue weighted by Gasteiger charge is 2.17. The fourth-order valence-electron chi connectivity index (χ4n) is 6.29. The van der Waals surface area contributed by atoms with E-state index in [-0.39, 0.29) is 0 Å². The Morgan fingerprint density at radius 1 is 0.644 bits per heavy atom. The van der Waals surface area contributed by atoms with Crippen molar-refractivity contribution in [2.75, 3.05) is 0 Å². The fraction of sp³-hybridized carbons (Fsp3) is 0. The van der Waals surface area contributed by atoms with E-state index in [1.165, 1.54) is 45.1 Å². The molecule has 0 bridgehead atoms. The predicted octanol–water partition coefficient (Wildman–Crippen LogP) is 11.1. The van der Waals surface area contributed by atoms with Crippen LogP contribution in [0.4, 0.5) is 0 Å². The molecule has 7 rings (SSSR count). The van der Waals surface area contributed by atoms with Gasteiger partial charge in [0.15, 0.2) is 0 Å². The SMILES string of the molecule is C=C/C(=C\C=N)C(=C)/C=C(\C=N)c1ccc2c(ccc3c4ccc(-c5ccc6ccccc6c5)cc4n(-c4ccccc4)c23)c1. The Labute approximate surface area is 262 Å². The van der Waals surface area contributed by atoms with Gasteiger partial charge in [0, 0.05) is 34.3 Å². The average Bonchev–Trinajstić information content (AvgIpc) is 3.43. The number of aromatic nitrogens is 1. The van der Waals surface area contributed by atoms with Crippen LogP contribution in [0.5, 0.6) is 0 Å². The molecule has 0 radical (unpaired) electrons. The van der Waals surface area contributed by atoms with Crippen molar-refractivity contribution >= 4 is 61.4 Å². The summed E-state index contributed by atoms with van der Waals surface area (Å²) in [7, 11) is 0. The molecule has 0 saturated heterocycles. The van der Waals surface area contributed by atoms with Gasteiger partial charge in [-0.3, -0.25) is 0 Å². The number of hydrogen-bond acceptors (Lipinski definition) is 2. The largest absolute Gasteiger partial charge is 0.309 e. The summed E-state index contributed by atoms with van der Waals surface area (Å²) in [5.74, 6) is 0. The van der Waals surface area contributed by atoms with E-state index < -0.39 is 0 Å². The zero-order valence-electron chi connectivity index (χ0n) is 24.8. The second-order valence-corrected chi connectivity index (χ2v) is 11.1. The summed E-state index contributed by atoms with van der Waals surface area (Å²) in [6, 6.07) is 43.3. The normalized spacial score (nSPS) is 12.2. The molecule has 2 N–H and O–H groups in total. The first-order valence-corrected chi connectivity index (χ1v) is 14.9. The first-order chi connectivity index (χ1) is 22.1. The van der Waals surface area contributed by atoms with Crippen molar-refractivity contribution in [1.29, 1.82) is 10.8 Å². The van der Waals surface area contributed by atoms with Gasteiger partial charge in [-0.1, -0.05) is 110 Å². The van der Waals surface area contributed by atoms with Gasteiger partial charge in [-0.05, 0) is 92.1 Å². The van der Waals surface area contributed by atoms with Gasteiger partial charge in [0.25, 0.3) is 0 Å². The van der Waals surface area contributed by atoms with Gasteiger partial charge >= 0.3 is 0 Å². The average molecular weight is 578 g/mol. The lowest BCUT2D eigenvalue weighted by atomic mass is 9.97. The lowest BCUT2D eigenvalue weighted by Crippen LogP contribution is -1.95. The van der Waals surface area contributed by atoms with E-state index in [0.29, 0.717) is 5.57 Å². The van der Waals surface area contributed by atoms with Crippen LogP contribution in [0.1, 0.15) is 5.56 Å². The summed E-state index contributed by atoms with van der Waals surface area (Å²) in [4.78, 5) is 0. The van der Waals surface area contributed by atoms with Gasteiger partial charge in [0.05, 0.1) is 11.0 Å². The minimum absolute atomic E-state index is 0.703. The molecule has 0 amide bonds. The van der Waals surface area contributed by atoms with Gasteiger partial charge in [-0.15, -0.1) is 0 Å². The lowest BCUT2D eigenvalue weighted by Gasteiger charge is -2.12. The van der Waals surface area contributed by atoms with Crippen LogP contribution < -0.4 is 0 Å². The molecule has 0 spiro atoms. The minimum Gasteiger partial charge on any atom is -0.309 e. The fourth-order valence-corrected chi connectivity index (χ4v) is 6.29. The number of nitrogens with zero attached hydrogens (tertiary/aromatic N) is 1. The zero-order chi connectivity index (χ0) is 30.9. The summed E-state index contributed by atoms with van der Waals surface area (Å²) >= 11 is 0. The number of hydrogen-bond donors (Lipinski definition) is 2. The van der Waals surface area contributed by atoms with Crippen LogP contribution >= 0.6 is 0 Å². The molecule has 45 heavy (non-hydrogen) atoms. The van der Waals surface area contributed by atoms with Crippen molar-refractivity contribution in [3.05, 3.63) is 169 Å². The van der Waals surface area contributed by atoms with E-state index in [0.717, 1.165) is 44.2 Å². The highest BCUT2D eigenvalue weighted by atomic mass is 15.0. The van der Waals surface area contributed by atoms with Crippen molar-refractivity contribution < 1.29 is 0 Å². The predicted molar refractivity (Wildman–Crippen MR) is 194 cm³/mol. The summed E-state index contributed by atoms with van der Waals surface area (Å²) in [6.45, 7) is 7.99. The monoisotopic (exact) mass is 577 g/mol. The molecule has 214 valence electrons. The second-order valence-electron chi connectivity index (χ2n) is 11.1. The summed E-state index contributed by atoms with van der Waals surface area (Å²) in [5.41, 5.74) is 8.91. The van der Waals surface area contributed by atoms with Crippen LogP contribution in [-0.2, 0) is 0 Å². The van der Waals surface area contributed by atoms with Crippen molar-refractivity contribution in [2.45, 2.75) is 0 Å². The smallest absolute Gasteiger partial charge is 0.0619 e. The van der Waals surface area contributed by atoms with Gasteiger partial charge < -0.3 is 15.4 Å². The van der Waals surface area contributed by atoms with Gasteiger partial charge in [-0.25, -0.2) is 0 Å². The third-order valence-electron chi connectivity index (χ3n) is 8.51. The molecule has 0 unspecified atom stereocenters. The molecule has 0 saturated carbocycles. The highest BCUT2D eigenvalue weighted by Crippen LogP contribution is 2.39.